The molecule has 8 atom stereocenters. The van der Waals surface area contributed by atoms with E-state index in [0.717, 1.165) is 0 Å². The number of carbonyl (C=O) groups is 4. The molecule has 56 heavy (non-hydrogen) atoms. The van der Waals surface area contributed by atoms with Crippen LogP contribution >= 0.6 is 0 Å². The van der Waals surface area contributed by atoms with E-state index in [1.807, 2.05) is 69.5 Å². The smallest absolute Gasteiger partial charge is 0.311 e. The van der Waals surface area contributed by atoms with Crippen LogP contribution in [0.1, 0.15) is 149 Å². The van der Waals surface area contributed by atoms with Crippen molar-refractivity contribution in [1.82, 2.24) is 20.4 Å². The second kappa shape index (κ2) is 14.2. The summed E-state index contributed by atoms with van der Waals surface area (Å²) in [7, 11) is 4.05. The Balaban J connectivity index is 1.50. The van der Waals surface area contributed by atoms with Crippen LogP contribution in [0, 0.1) is 23.7 Å². The number of rotatable bonds is 8. The maximum Gasteiger partial charge on any atom is 0.311 e. The van der Waals surface area contributed by atoms with E-state index in [2.05, 4.69) is 75.8 Å². The van der Waals surface area contributed by atoms with Crippen molar-refractivity contribution in [3.05, 3.63) is 0 Å². The number of carbonyl (C=O) groups excluding carboxylic acids is 4. The third-order valence-electron chi connectivity index (χ3n) is 15.1. The Bertz CT molecular complexity index is 1450. The fraction of sp³-hybridized carbons (Fsp3) is 0.909. The van der Waals surface area contributed by atoms with Crippen molar-refractivity contribution in [2.24, 2.45) is 23.7 Å². The minimum Gasteiger partial charge on any atom is -0.458 e. The van der Waals surface area contributed by atoms with E-state index >= 15 is 0 Å². The van der Waals surface area contributed by atoms with E-state index in [-0.39, 0.29) is 46.9 Å². The van der Waals surface area contributed by atoms with Crippen LogP contribution in [0.25, 0.3) is 0 Å². The van der Waals surface area contributed by atoms with Crippen LogP contribution in [0.5, 0.6) is 0 Å². The lowest BCUT2D eigenvalue weighted by Crippen LogP contribution is -2.55. The molecule has 4 saturated heterocycles. The summed E-state index contributed by atoms with van der Waals surface area (Å²) in [5.74, 6) is -3.41. The Kier molecular flexibility index (Phi) is 11.3. The Morgan fingerprint density at radius 2 is 0.679 bits per heavy atom. The highest BCUT2D eigenvalue weighted by atomic mass is 16.6. The summed E-state index contributed by atoms with van der Waals surface area (Å²) in [5.41, 5.74) is -3.16. The number of likely N-dealkylation sites (tertiary alicyclic amines) is 2. The van der Waals surface area contributed by atoms with E-state index in [1.165, 1.54) is 0 Å². The predicted molar refractivity (Wildman–Crippen MR) is 216 cm³/mol. The van der Waals surface area contributed by atoms with Crippen molar-refractivity contribution in [2.45, 2.75) is 218 Å². The predicted octanol–water partition coefficient (Wildman–Crippen LogP) is 5.78. The molecule has 2 N–H and O–H groups in total. The van der Waals surface area contributed by atoms with Gasteiger partial charge in [0.2, 0.25) is 0 Å². The highest BCUT2D eigenvalue weighted by molar-refractivity contribution is 5.78. The summed E-state index contributed by atoms with van der Waals surface area (Å²) in [6, 6.07) is 0. The van der Waals surface area contributed by atoms with Gasteiger partial charge in [-0.1, -0.05) is 0 Å². The van der Waals surface area contributed by atoms with Gasteiger partial charge in [0.05, 0.1) is 23.7 Å². The van der Waals surface area contributed by atoms with Crippen molar-refractivity contribution in [2.75, 3.05) is 14.1 Å². The van der Waals surface area contributed by atoms with Gasteiger partial charge < -0.3 is 29.6 Å². The second-order valence-corrected chi connectivity index (χ2v) is 22.9. The van der Waals surface area contributed by atoms with Crippen LogP contribution in [0.4, 0.5) is 0 Å². The third kappa shape index (κ3) is 8.42. The molecule has 0 amide bonds. The molecule has 0 aromatic rings. The van der Waals surface area contributed by atoms with E-state index < -0.39 is 82.2 Å². The third-order valence-corrected chi connectivity index (χ3v) is 15.1. The van der Waals surface area contributed by atoms with E-state index in [0.29, 0.717) is 25.7 Å². The lowest BCUT2D eigenvalue weighted by molar-refractivity contribution is -0.206. The summed E-state index contributed by atoms with van der Waals surface area (Å²) >= 11 is 0. The first-order valence-electron chi connectivity index (χ1n) is 21.0. The van der Waals surface area contributed by atoms with Crippen LogP contribution in [0.2, 0.25) is 0 Å². The van der Waals surface area contributed by atoms with Gasteiger partial charge in [-0.2, -0.15) is 0 Å². The van der Waals surface area contributed by atoms with Gasteiger partial charge in [-0.15, -0.1) is 0 Å². The van der Waals surface area contributed by atoms with Crippen molar-refractivity contribution < 1.29 is 38.1 Å². The monoisotopic (exact) mass is 789 g/mol. The van der Waals surface area contributed by atoms with Crippen LogP contribution < -0.4 is 10.6 Å². The fourth-order valence-electron chi connectivity index (χ4n) is 11.3. The Morgan fingerprint density at radius 3 is 0.875 bits per heavy atom. The fourth-order valence-corrected chi connectivity index (χ4v) is 11.3. The summed E-state index contributed by atoms with van der Waals surface area (Å²) in [6.07, 6.45) is -1.42. The highest BCUT2D eigenvalue weighted by Gasteiger charge is 2.58. The topological polar surface area (TPSA) is 136 Å². The van der Waals surface area contributed by atoms with Crippen LogP contribution in [-0.2, 0) is 38.1 Å². The number of hydrogen-bond donors (Lipinski definition) is 2. The Morgan fingerprint density at radius 1 is 0.429 bits per heavy atom. The zero-order valence-electron chi connectivity index (χ0n) is 38.0. The number of nitrogens with one attached hydrogen (secondary N) is 2. The SMILES string of the molecule is CN1C(C)(C)CC(C(=O)OC2CC(OC(=O)C3CC(C)(C)NC3(C)C)C(OC(=O)C3CC(C)(C)N(C)C3(C)C)CC2OC(=O)C2CC(C)(C)NC2(C)C)C1(C)C. The number of ether oxygens (including phenoxy) is 4. The molecule has 0 spiro atoms. The summed E-state index contributed by atoms with van der Waals surface area (Å²) in [5, 5.41) is 7.13. The summed E-state index contributed by atoms with van der Waals surface area (Å²) < 4.78 is 25.7. The zero-order valence-corrected chi connectivity index (χ0v) is 38.0. The first-order chi connectivity index (χ1) is 25.1. The average molecular weight is 789 g/mol. The molecule has 320 valence electrons. The lowest BCUT2D eigenvalue weighted by Gasteiger charge is -2.42. The molecule has 5 rings (SSSR count). The van der Waals surface area contributed by atoms with Gasteiger partial charge in [-0.3, -0.25) is 29.0 Å². The molecule has 1 aliphatic carbocycles. The molecule has 4 heterocycles. The molecule has 12 nitrogen and oxygen atoms in total. The van der Waals surface area contributed by atoms with Crippen LogP contribution in [0.3, 0.4) is 0 Å². The van der Waals surface area contributed by atoms with Gasteiger partial charge in [0.15, 0.2) is 0 Å². The standard InChI is InChI=1S/C44H76N4O8/c1-37(2)21-25(41(9,10)45-37)33(49)53-29-19-32(56-36(52)28-24-40(7,8)48(18)44(28,15)16)30(54-34(50)26-22-38(3,4)46-42(26,11)12)20-31(29)55-35(51)27-23-39(5,6)47(17)43(27,13)14/h25-32,45-46H,19-24H2,1-18H3. The van der Waals surface area contributed by atoms with Gasteiger partial charge in [0.25, 0.3) is 0 Å². The van der Waals surface area contributed by atoms with E-state index in [9.17, 15) is 19.2 Å². The largest absolute Gasteiger partial charge is 0.458 e. The molecule has 0 radical (unpaired) electrons. The van der Waals surface area contributed by atoms with Gasteiger partial charge >= 0.3 is 23.9 Å². The van der Waals surface area contributed by atoms with Crippen LogP contribution in [0.15, 0.2) is 0 Å². The molecule has 5 aliphatic rings. The number of esters is 4. The van der Waals surface area contributed by atoms with Gasteiger partial charge in [-0.25, -0.2) is 0 Å². The van der Waals surface area contributed by atoms with Crippen LogP contribution in [-0.4, -0.2) is 116 Å². The molecule has 4 aliphatic heterocycles. The van der Waals surface area contributed by atoms with Gasteiger partial charge in [0.1, 0.15) is 24.4 Å². The Labute approximate surface area is 337 Å². The quantitative estimate of drug-likeness (QED) is 0.228. The second-order valence-electron chi connectivity index (χ2n) is 22.9. The minimum atomic E-state index is -0.937. The van der Waals surface area contributed by atoms with Gasteiger partial charge in [-0.05, 0) is 151 Å². The molecule has 8 unspecified atom stereocenters. The van der Waals surface area contributed by atoms with E-state index in [1.54, 1.807) is 0 Å². The van der Waals surface area contributed by atoms with Gasteiger partial charge in [0, 0.05) is 57.2 Å². The maximum atomic E-state index is 14.3. The number of nitrogens with zero attached hydrogens (tertiary/aromatic N) is 2. The lowest BCUT2D eigenvalue weighted by atomic mass is 9.84. The van der Waals surface area contributed by atoms with E-state index in [4.69, 9.17) is 18.9 Å². The normalized spacial score (nSPS) is 37.5. The molecular weight excluding hydrogens is 713 g/mol. The molecule has 0 aromatic carbocycles. The molecule has 1 saturated carbocycles. The molecule has 0 aromatic heterocycles. The maximum absolute atomic E-state index is 14.3. The summed E-state index contributed by atoms with van der Waals surface area (Å²) in [6.45, 7) is 32.9. The Hall–Kier alpha value is -2.28. The first-order valence-corrected chi connectivity index (χ1v) is 21.0. The van der Waals surface area contributed by atoms with Crippen molar-refractivity contribution in [3.8, 4) is 0 Å². The average Bonchev–Trinajstić information content (AvgIpc) is 3.54. The van der Waals surface area contributed by atoms with Crippen molar-refractivity contribution in [3.63, 3.8) is 0 Å². The number of hydrogen-bond acceptors (Lipinski definition) is 12. The highest BCUT2D eigenvalue weighted by Crippen LogP contribution is 2.47. The van der Waals surface area contributed by atoms with Crippen molar-refractivity contribution >= 4 is 23.9 Å². The molecule has 12 heteroatoms. The zero-order chi connectivity index (χ0) is 42.6. The minimum absolute atomic E-state index is 0.0149. The van der Waals surface area contributed by atoms with Crippen molar-refractivity contribution in [1.29, 1.82) is 0 Å². The summed E-state index contributed by atoms with van der Waals surface area (Å²) in [4.78, 5) is 61.5. The molecular formula is C44H76N4O8. The molecule has 0 bridgehead atoms. The molecule has 5 fully saturated rings. The first kappa shape index (κ1) is 44.8.